The van der Waals surface area contributed by atoms with Gasteiger partial charge in [0.1, 0.15) is 0 Å². The zero-order valence-corrected chi connectivity index (χ0v) is 15.9. The minimum Gasteiger partial charge on any atom is -0.298 e. The number of carbonyl (C=O) groups excluding carboxylic acids is 1. The van der Waals surface area contributed by atoms with Gasteiger partial charge < -0.3 is 0 Å². The minimum absolute atomic E-state index is 0.226. The lowest BCUT2D eigenvalue weighted by molar-refractivity contribution is -0.141. The number of aryl methyl sites for hydroxylation is 4. The molecule has 0 saturated carbocycles. The number of nitrogens with one attached hydrogen (secondary N) is 1. The van der Waals surface area contributed by atoms with Crippen LogP contribution in [0.4, 0.5) is 18.3 Å². The van der Waals surface area contributed by atoms with E-state index in [2.05, 4.69) is 15.4 Å². The highest BCUT2D eigenvalue weighted by molar-refractivity contribution is 7.14. The highest BCUT2D eigenvalue weighted by atomic mass is 32.1. The van der Waals surface area contributed by atoms with E-state index in [0.29, 0.717) is 5.69 Å². The van der Waals surface area contributed by atoms with Crippen molar-refractivity contribution < 1.29 is 18.0 Å². The summed E-state index contributed by atoms with van der Waals surface area (Å²) in [5, 5.41) is 7.77. The number of benzene rings is 1. The normalized spacial score (nSPS) is 11.7. The smallest absolute Gasteiger partial charge is 0.298 e. The van der Waals surface area contributed by atoms with E-state index in [1.165, 1.54) is 7.05 Å². The van der Waals surface area contributed by atoms with E-state index in [1.54, 1.807) is 5.38 Å². The lowest BCUT2D eigenvalue weighted by Gasteiger charge is -2.07. The summed E-state index contributed by atoms with van der Waals surface area (Å²) in [5.74, 6) is -0.895. The van der Waals surface area contributed by atoms with E-state index < -0.39 is 23.3 Å². The molecule has 142 valence electrons. The predicted molar refractivity (Wildman–Crippen MR) is 97.9 cm³/mol. The molecule has 0 aliphatic rings. The van der Waals surface area contributed by atoms with Crippen LogP contribution in [0, 0.1) is 20.8 Å². The first-order chi connectivity index (χ1) is 12.6. The first-order valence-corrected chi connectivity index (χ1v) is 8.90. The van der Waals surface area contributed by atoms with E-state index in [9.17, 15) is 18.0 Å². The Hall–Kier alpha value is -2.68. The fourth-order valence-corrected chi connectivity index (χ4v) is 3.43. The number of amides is 1. The van der Waals surface area contributed by atoms with Crippen molar-refractivity contribution in [2.45, 2.75) is 26.9 Å². The second kappa shape index (κ2) is 6.80. The summed E-state index contributed by atoms with van der Waals surface area (Å²) >= 11 is 1.15. The molecule has 27 heavy (non-hydrogen) atoms. The van der Waals surface area contributed by atoms with Gasteiger partial charge in [-0.3, -0.25) is 14.8 Å². The summed E-state index contributed by atoms with van der Waals surface area (Å²) < 4.78 is 40.1. The van der Waals surface area contributed by atoms with E-state index in [-0.39, 0.29) is 5.13 Å². The van der Waals surface area contributed by atoms with Gasteiger partial charge in [0.2, 0.25) is 0 Å². The van der Waals surface area contributed by atoms with Crippen LogP contribution in [0.3, 0.4) is 0 Å². The van der Waals surface area contributed by atoms with Gasteiger partial charge in [-0.05, 0) is 43.5 Å². The van der Waals surface area contributed by atoms with E-state index in [4.69, 9.17) is 0 Å². The zero-order chi connectivity index (χ0) is 19.9. The quantitative estimate of drug-likeness (QED) is 0.698. The average Bonchev–Trinajstić information content (AvgIpc) is 3.17. The van der Waals surface area contributed by atoms with Crippen LogP contribution in [0.25, 0.3) is 11.3 Å². The number of hydrogen-bond donors (Lipinski definition) is 1. The van der Waals surface area contributed by atoms with Gasteiger partial charge in [-0.25, -0.2) is 4.98 Å². The van der Waals surface area contributed by atoms with Crippen LogP contribution in [0.15, 0.2) is 23.7 Å². The molecule has 1 N–H and O–H groups in total. The van der Waals surface area contributed by atoms with Gasteiger partial charge in [0, 0.05) is 24.2 Å². The van der Waals surface area contributed by atoms with E-state index in [1.807, 2.05) is 32.9 Å². The summed E-state index contributed by atoms with van der Waals surface area (Å²) in [6, 6.07) is 4.06. The number of hydrogen-bond acceptors (Lipinski definition) is 4. The molecule has 0 bridgehead atoms. The number of thiazole rings is 1. The van der Waals surface area contributed by atoms with Gasteiger partial charge in [-0.1, -0.05) is 6.07 Å². The predicted octanol–water partition coefficient (Wildman–Crippen LogP) is 4.74. The van der Waals surface area contributed by atoms with E-state index >= 15 is 0 Å². The molecule has 0 fully saturated rings. The third-order valence-electron chi connectivity index (χ3n) is 4.18. The maximum atomic E-state index is 13.0. The molecule has 0 saturated heterocycles. The average molecular weight is 394 g/mol. The molecule has 5 nitrogen and oxygen atoms in total. The molecular weight excluding hydrogens is 377 g/mol. The van der Waals surface area contributed by atoms with Gasteiger partial charge in [-0.15, -0.1) is 11.3 Å². The molecule has 2 heterocycles. The van der Waals surface area contributed by atoms with Crippen LogP contribution in [-0.4, -0.2) is 20.7 Å². The van der Waals surface area contributed by atoms with Gasteiger partial charge >= 0.3 is 6.18 Å². The molecule has 3 aromatic rings. The third-order valence-corrected chi connectivity index (χ3v) is 4.94. The van der Waals surface area contributed by atoms with Crippen molar-refractivity contribution in [2.24, 2.45) is 7.05 Å². The van der Waals surface area contributed by atoms with Crippen molar-refractivity contribution in [3.05, 3.63) is 51.7 Å². The van der Waals surface area contributed by atoms with Gasteiger partial charge in [0.25, 0.3) is 5.91 Å². The van der Waals surface area contributed by atoms with Crippen molar-refractivity contribution in [1.82, 2.24) is 14.8 Å². The van der Waals surface area contributed by atoms with Crippen LogP contribution in [-0.2, 0) is 13.2 Å². The highest BCUT2D eigenvalue weighted by Crippen LogP contribution is 2.32. The molecule has 0 spiro atoms. The number of halogens is 3. The molecule has 0 radical (unpaired) electrons. The Morgan fingerprint density at radius 1 is 1.15 bits per heavy atom. The van der Waals surface area contributed by atoms with Gasteiger partial charge in [0.05, 0.1) is 11.3 Å². The van der Waals surface area contributed by atoms with Crippen LogP contribution in [0.1, 0.15) is 32.7 Å². The van der Waals surface area contributed by atoms with Crippen LogP contribution >= 0.6 is 11.3 Å². The number of nitrogens with zero attached hydrogens (tertiary/aromatic N) is 3. The first-order valence-electron chi connectivity index (χ1n) is 8.02. The SMILES string of the molecule is Cc1cc(C)c(-c2csc(NC(=O)c3cn(C)nc3C(F)(F)F)n2)cc1C. The summed E-state index contributed by atoms with van der Waals surface area (Å²) in [7, 11) is 1.33. The highest BCUT2D eigenvalue weighted by Gasteiger charge is 2.39. The number of aromatic nitrogens is 3. The molecule has 1 aromatic carbocycles. The Kier molecular flexibility index (Phi) is 4.81. The molecule has 0 atom stereocenters. The zero-order valence-electron chi connectivity index (χ0n) is 15.1. The maximum absolute atomic E-state index is 13.0. The third kappa shape index (κ3) is 3.87. The van der Waals surface area contributed by atoms with Crippen LogP contribution in [0.2, 0.25) is 0 Å². The monoisotopic (exact) mass is 394 g/mol. The lowest BCUT2D eigenvalue weighted by Crippen LogP contribution is -2.17. The summed E-state index contributed by atoms with van der Waals surface area (Å²) in [5.41, 5.74) is 3.14. The van der Waals surface area contributed by atoms with Crippen molar-refractivity contribution in [1.29, 1.82) is 0 Å². The summed E-state index contributed by atoms with van der Waals surface area (Å²) in [6.07, 6.45) is -3.67. The number of alkyl halides is 3. The fourth-order valence-electron chi connectivity index (χ4n) is 2.72. The molecule has 0 aliphatic heterocycles. The van der Waals surface area contributed by atoms with Crippen molar-refractivity contribution >= 4 is 22.4 Å². The van der Waals surface area contributed by atoms with Crippen LogP contribution in [0.5, 0.6) is 0 Å². The van der Waals surface area contributed by atoms with Crippen molar-refractivity contribution in [3.63, 3.8) is 0 Å². The van der Waals surface area contributed by atoms with Gasteiger partial charge in [0.15, 0.2) is 10.8 Å². The van der Waals surface area contributed by atoms with E-state index in [0.717, 1.165) is 44.5 Å². The molecule has 3 rings (SSSR count). The fraction of sp³-hybridized carbons (Fsp3) is 0.278. The van der Waals surface area contributed by atoms with Crippen molar-refractivity contribution in [2.75, 3.05) is 5.32 Å². The Morgan fingerprint density at radius 3 is 2.48 bits per heavy atom. The number of carbonyl (C=O) groups is 1. The molecule has 9 heteroatoms. The Labute approximate surface area is 157 Å². The second-order valence-corrected chi connectivity index (χ2v) is 7.16. The topological polar surface area (TPSA) is 59.8 Å². The molecule has 2 aromatic heterocycles. The first kappa shape index (κ1) is 19.1. The second-order valence-electron chi connectivity index (χ2n) is 6.31. The Bertz CT molecular complexity index is 1020. The Morgan fingerprint density at radius 2 is 1.81 bits per heavy atom. The molecule has 0 aliphatic carbocycles. The molecule has 1 amide bonds. The summed E-state index contributed by atoms with van der Waals surface area (Å²) in [4.78, 5) is 16.7. The van der Waals surface area contributed by atoms with Crippen molar-refractivity contribution in [3.8, 4) is 11.3 Å². The number of anilines is 1. The lowest BCUT2D eigenvalue weighted by atomic mass is 9.99. The number of rotatable bonds is 3. The minimum atomic E-state index is -4.71. The maximum Gasteiger partial charge on any atom is 0.435 e. The van der Waals surface area contributed by atoms with Crippen LogP contribution < -0.4 is 5.32 Å². The standard InChI is InChI=1S/C18H17F3N4OS/c1-9-5-11(3)12(6-10(9)2)14-8-27-17(22-14)23-16(26)13-7-25(4)24-15(13)18(19,20)21/h5-8H,1-4H3,(H,22,23,26). The molecule has 0 unspecified atom stereocenters. The van der Waals surface area contributed by atoms with Gasteiger partial charge in [-0.2, -0.15) is 18.3 Å². The Balaban J connectivity index is 1.87. The molecular formula is C18H17F3N4OS. The largest absolute Gasteiger partial charge is 0.435 e. The summed E-state index contributed by atoms with van der Waals surface area (Å²) in [6.45, 7) is 5.98.